The fraction of sp³-hybridized carbons (Fsp3) is 0.875. The summed E-state index contributed by atoms with van der Waals surface area (Å²) in [5, 5.41) is 2.96. The topological polar surface area (TPSA) is 67.9 Å². The molecule has 0 bridgehead atoms. The molecule has 0 aromatic carbocycles. The number of likely N-dealkylation sites (tertiary alicyclic amines) is 1. The first-order valence-corrected chi connectivity index (χ1v) is 8.25. The molecule has 2 saturated heterocycles. The average Bonchev–Trinajstić information content (AvgIpc) is 2.48. The van der Waals surface area contributed by atoms with Crippen LogP contribution in [0.3, 0.4) is 0 Å². The first kappa shape index (κ1) is 15.7. The lowest BCUT2D eigenvalue weighted by Crippen LogP contribution is -2.63. The van der Waals surface area contributed by atoms with Gasteiger partial charge in [-0.05, 0) is 39.0 Å². The van der Waals surface area contributed by atoms with Crippen molar-refractivity contribution in [1.29, 1.82) is 0 Å². The zero-order valence-electron chi connectivity index (χ0n) is 13.5. The molecule has 0 radical (unpaired) electrons. The third kappa shape index (κ3) is 2.74. The molecule has 3 rings (SSSR count). The molecule has 6 heteroatoms. The van der Waals surface area contributed by atoms with Crippen LogP contribution in [0.2, 0.25) is 0 Å². The van der Waals surface area contributed by atoms with E-state index in [0.29, 0.717) is 19.5 Å². The standard InChI is InChI=1S/C16H26N2O4/c1-12-16(22-11-13(19)17-12)6-8-18(9-7-16)14(20)10-15(21-2)4-3-5-15/h12H,3-11H2,1-2H3,(H,17,19). The van der Waals surface area contributed by atoms with E-state index in [1.165, 1.54) is 0 Å². The summed E-state index contributed by atoms with van der Waals surface area (Å²) in [4.78, 5) is 25.8. The van der Waals surface area contributed by atoms with Gasteiger partial charge in [-0.2, -0.15) is 0 Å². The Morgan fingerprint density at radius 3 is 2.55 bits per heavy atom. The normalized spacial score (nSPS) is 29.8. The van der Waals surface area contributed by atoms with Crippen LogP contribution in [0.5, 0.6) is 0 Å². The number of nitrogens with zero attached hydrogens (tertiary/aromatic N) is 1. The van der Waals surface area contributed by atoms with Gasteiger partial charge in [0.15, 0.2) is 0 Å². The van der Waals surface area contributed by atoms with Gasteiger partial charge in [-0.15, -0.1) is 0 Å². The summed E-state index contributed by atoms with van der Waals surface area (Å²) in [6.07, 6.45) is 5.16. The number of morpholine rings is 1. The third-order valence-corrected chi connectivity index (χ3v) is 5.79. The van der Waals surface area contributed by atoms with E-state index in [4.69, 9.17) is 9.47 Å². The summed E-state index contributed by atoms with van der Waals surface area (Å²) in [5.41, 5.74) is -0.519. The highest BCUT2D eigenvalue weighted by molar-refractivity contribution is 5.79. The molecule has 3 fully saturated rings. The van der Waals surface area contributed by atoms with E-state index in [2.05, 4.69) is 5.32 Å². The number of carbonyl (C=O) groups is 2. The van der Waals surface area contributed by atoms with E-state index in [0.717, 1.165) is 32.1 Å². The first-order valence-electron chi connectivity index (χ1n) is 8.25. The molecule has 2 amide bonds. The van der Waals surface area contributed by atoms with Crippen molar-refractivity contribution < 1.29 is 19.1 Å². The van der Waals surface area contributed by atoms with Crippen molar-refractivity contribution in [3.05, 3.63) is 0 Å². The van der Waals surface area contributed by atoms with Gasteiger partial charge in [-0.25, -0.2) is 0 Å². The predicted molar refractivity (Wildman–Crippen MR) is 80.3 cm³/mol. The molecule has 22 heavy (non-hydrogen) atoms. The minimum atomic E-state index is -0.305. The van der Waals surface area contributed by atoms with Gasteiger partial charge >= 0.3 is 0 Å². The molecule has 124 valence electrons. The Kier molecular flexibility index (Phi) is 4.16. The van der Waals surface area contributed by atoms with Crippen molar-refractivity contribution in [3.63, 3.8) is 0 Å². The van der Waals surface area contributed by atoms with E-state index in [1.807, 2.05) is 11.8 Å². The minimum Gasteiger partial charge on any atom is -0.378 e. The maximum absolute atomic E-state index is 12.5. The van der Waals surface area contributed by atoms with Crippen LogP contribution in [0.25, 0.3) is 0 Å². The summed E-state index contributed by atoms with van der Waals surface area (Å²) >= 11 is 0. The van der Waals surface area contributed by atoms with E-state index >= 15 is 0 Å². The van der Waals surface area contributed by atoms with Crippen LogP contribution in [0, 0.1) is 0 Å². The number of methoxy groups -OCH3 is 1. The molecular weight excluding hydrogens is 284 g/mol. The summed E-state index contributed by atoms with van der Waals surface area (Å²) in [7, 11) is 1.71. The Labute approximate surface area is 131 Å². The second kappa shape index (κ2) is 5.81. The molecule has 1 saturated carbocycles. The van der Waals surface area contributed by atoms with Gasteiger partial charge in [0.2, 0.25) is 11.8 Å². The molecule has 1 spiro atoms. The van der Waals surface area contributed by atoms with Gasteiger partial charge in [-0.1, -0.05) is 0 Å². The van der Waals surface area contributed by atoms with Gasteiger partial charge in [0.25, 0.3) is 0 Å². The van der Waals surface area contributed by atoms with Crippen molar-refractivity contribution in [2.24, 2.45) is 0 Å². The zero-order valence-corrected chi connectivity index (χ0v) is 13.5. The number of amides is 2. The third-order valence-electron chi connectivity index (χ3n) is 5.79. The summed E-state index contributed by atoms with van der Waals surface area (Å²) < 4.78 is 11.4. The van der Waals surface area contributed by atoms with Crippen LogP contribution in [0.4, 0.5) is 0 Å². The van der Waals surface area contributed by atoms with Crippen LogP contribution in [0.1, 0.15) is 45.4 Å². The Balaban J connectivity index is 1.55. The lowest BCUT2D eigenvalue weighted by atomic mass is 9.77. The van der Waals surface area contributed by atoms with Gasteiger partial charge in [0.1, 0.15) is 6.61 Å². The fourth-order valence-electron chi connectivity index (χ4n) is 3.87. The maximum atomic E-state index is 12.5. The largest absolute Gasteiger partial charge is 0.378 e. The molecule has 1 N–H and O–H groups in total. The molecule has 1 atom stereocenters. The number of ether oxygens (including phenoxy) is 2. The molecule has 1 unspecified atom stereocenters. The van der Waals surface area contributed by atoms with Crippen molar-refractivity contribution in [3.8, 4) is 0 Å². The summed E-state index contributed by atoms with van der Waals surface area (Å²) in [6.45, 7) is 3.51. The van der Waals surface area contributed by atoms with Crippen LogP contribution < -0.4 is 5.32 Å². The molecule has 0 aromatic rings. The minimum absolute atomic E-state index is 0.00273. The molecule has 0 aromatic heterocycles. The Morgan fingerprint density at radius 2 is 2.05 bits per heavy atom. The number of hydrogen-bond donors (Lipinski definition) is 1. The Bertz CT molecular complexity index is 448. The van der Waals surface area contributed by atoms with Crippen LogP contribution in [0.15, 0.2) is 0 Å². The first-order chi connectivity index (χ1) is 10.5. The van der Waals surface area contributed by atoms with Gasteiger partial charge in [0.05, 0.1) is 23.7 Å². The number of nitrogens with one attached hydrogen (secondary N) is 1. The van der Waals surface area contributed by atoms with E-state index in [1.54, 1.807) is 7.11 Å². The molecule has 6 nitrogen and oxygen atoms in total. The lowest BCUT2D eigenvalue weighted by Gasteiger charge is -2.48. The van der Waals surface area contributed by atoms with Gasteiger partial charge in [0, 0.05) is 20.2 Å². The number of carbonyl (C=O) groups excluding carboxylic acids is 2. The van der Waals surface area contributed by atoms with Crippen LogP contribution >= 0.6 is 0 Å². The van der Waals surface area contributed by atoms with E-state index in [9.17, 15) is 9.59 Å². The van der Waals surface area contributed by atoms with Crippen LogP contribution in [-0.4, -0.2) is 60.8 Å². The lowest BCUT2D eigenvalue weighted by molar-refractivity contribution is -0.166. The van der Waals surface area contributed by atoms with Crippen molar-refractivity contribution in [2.45, 2.75) is 62.7 Å². The predicted octanol–water partition coefficient (Wildman–Crippen LogP) is 0.842. The number of piperidine rings is 1. The molecule has 2 aliphatic heterocycles. The molecule has 2 heterocycles. The average molecular weight is 310 g/mol. The van der Waals surface area contributed by atoms with E-state index < -0.39 is 0 Å². The van der Waals surface area contributed by atoms with Crippen molar-refractivity contribution in [1.82, 2.24) is 10.2 Å². The quantitative estimate of drug-likeness (QED) is 0.839. The summed E-state index contributed by atoms with van der Waals surface area (Å²) in [6, 6.07) is 0.00273. The zero-order chi connectivity index (χ0) is 15.8. The SMILES string of the molecule is COC1(CC(=O)N2CCC3(CC2)OCC(=O)NC3C)CCC1. The van der Waals surface area contributed by atoms with Gasteiger partial charge < -0.3 is 19.7 Å². The second-order valence-corrected chi connectivity index (χ2v) is 6.94. The fourth-order valence-corrected chi connectivity index (χ4v) is 3.87. The highest BCUT2D eigenvalue weighted by atomic mass is 16.5. The molecule has 1 aliphatic carbocycles. The molecule has 3 aliphatic rings. The second-order valence-electron chi connectivity index (χ2n) is 6.94. The highest BCUT2D eigenvalue weighted by Crippen LogP contribution is 2.39. The highest BCUT2D eigenvalue weighted by Gasteiger charge is 2.46. The maximum Gasteiger partial charge on any atom is 0.246 e. The smallest absolute Gasteiger partial charge is 0.246 e. The Hall–Kier alpha value is -1.14. The van der Waals surface area contributed by atoms with Crippen molar-refractivity contribution >= 4 is 11.8 Å². The Morgan fingerprint density at radius 1 is 1.36 bits per heavy atom. The number of hydrogen-bond acceptors (Lipinski definition) is 4. The van der Waals surface area contributed by atoms with Crippen molar-refractivity contribution in [2.75, 3.05) is 26.8 Å². The monoisotopic (exact) mass is 310 g/mol. The number of rotatable bonds is 3. The van der Waals surface area contributed by atoms with Gasteiger partial charge in [-0.3, -0.25) is 9.59 Å². The van der Waals surface area contributed by atoms with E-state index in [-0.39, 0.29) is 35.7 Å². The summed E-state index contributed by atoms with van der Waals surface area (Å²) in [5.74, 6) is 0.132. The molecular formula is C16H26N2O4. The van der Waals surface area contributed by atoms with Crippen LogP contribution in [-0.2, 0) is 19.1 Å².